The number of hydrogen-bond acceptors (Lipinski definition) is 6. The smallest absolute Gasteiger partial charge is 0.303 e. The predicted molar refractivity (Wildman–Crippen MR) is 197 cm³/mol. The molecule has 3 aliphatic carbocycles. The molecule has 3 aromatic rings. The number of piperidine rings is 1. The summed E-state index contributed by atoms with van der Waals surface area (Å²) in [5, 5.41) is 4.94. The van der Waals surface area contributed by atoms with Gasteiger partial charge in [-0.25, -0.2) is 4.72 Å². The average Bonchev–Trinajstić information content (AvgIpc) is 4.04. The van der Waals surface area contributed by atoms with Crippen LogP contribution in [-0.4, -0.2) is 79.9 Å². The first-order chi connectivity index (χ1) is 24.6. The van der Waals surface area contributed by atoms with Gasteiger partial charge in [0.15, 0.2) is 0 Å². The summed E-state index contributed by atoms with van der Waals surface area (Å²) in [6.45, 7) is 1.64. The summed E-state index contributed by atoms with van der Waals surface area (Å²) in [5.74, 6) is 1.70. The number of fused-ring (bicyclic) bond motifs is 9. The minimum atomic E-state index is -3.97. The fraction of sp³-hybridized carbons (Fsp3) is 0.600. The SMILES string of the molecule is COc1ccc2c(c1)[C@@H]1C[C@]1(C(=O)N1C3CCC1CC(NCC1CC1)C3)Cn1c-2c(C2CCCCC2)c2ccc(C(=O)NS(=O)(=O)N(C)C)cc21. The van der Waals surface area contributed by atoms with Crippen LogP contribution in [0.5, 0.6) is 5.75 Å². The van der Waals surface area contributed by atoms with E-state index in [0.717, 1.165) is 89.6 Å². The Morgan fingerprint density at radius 2 is 1.71 bits per heavy atom. The molecule has 10 nitrogen and oxygen atoms in total. The topological polar surface area (TPSA) is 113 Å². The van der Waals surface area contributed by atoms with E-state index in [2.05, 4.69) is 31.6 Å². The van der Waals surface area contributed by atoms with Crippen LogP contribution in [0.25, 0.3) is 22.2 Å². The summed E-state index contributed by atoms with van der Waals surface area (Å²) < 4.78 is 36.7. The third kappa shape index (κ3) is 5.60. The summed E-state index contributed by atoms with van der Waals surface area (Å²) in [6.07, 6.45) is 13.4. The van der Waals surface area contributed by atoms with E-state index in [4.69, 9.17) is 4.74 Å². The molecule has 2 amide bonds. The summed E-state index contributed by atoms with van der Waals surface area (Å²) in [5.41, 5.74) is 5.38. The predicted octanol–water partition coefficient (Wildman–Crippen LogP) is 5.91. The first-order valence-electron chi connectivity index (χ1n) is 19.2. The zero-order valence-electron chi connectivity index (χ0n) is 30.1. The molecule has 3 saturated carbocycles. The number of aromatic nitrogens is 1. The van der Waals surface area contributed by atoms with Crippen LogP contribution in [0.4, 0.5) is 0 Å². The standard InChI is InChI=1S/C40H51N5O5S/c1-43(2)51(48,49)42-38(46)26-11-15-32-35(17-26)44-23-40(39(47)45-28-12-13-29(45)19-27(18-28)41-22-24-9-10-24)21-34(40)33-20-30(50-3)14-16-31(33)37(44)36(32)25-7-5-4-6-8-25/h11,14-17,20,24-25,27-29,34,41H,4-10,12-13,18-19,21-23H2,1-3H3,(H,42,46)/t27?,28?,29?,34-,40-/m0/s1. The van der Waals surface area contributed by atoms with Gasteiger partial charge in [0.2, 0.25) is 5.91 Å². The summed E-state index contributed by atoms with van der Waals surface area (Å²) >= 11 is 0. The molecular weight excluding hydrogens is 663 g/mol. The lowest BCUT2D eigenvalue weighted by Crippen LogP contribution is -2.54. The number of nitrogens with one attached hydrogen (secondary N) is 2. The van der Waals surface area contributed by atoms with Crippen molar-refractivity contribution in [3.8, 4) is 17.0 Å². The second-order valence-corrected chi connectivity index (χ2v) is 18.5. The van der Waals surface area contributed by atoms with Crippen molar-refractivity contribution >= 4 is 32.9 Å². The van der Waals surface area contributed by atoms with Crippen molar-refractivity contribution in [1.82, 2.24) is 23.8 Å². The van der Waals surface area contributed by atoms with Crippen molar-refractivity contribution in [2.24, 2.45) is 11.3 Å². The van der Waals surface area contributed by atoms with Gasteiger partial charge in [-0.15, -0.1) is 0 Å². The number of ether oxygens (including phenoxy) is 1. The average molecular weight is 714 g/mol. The van der Waals surface area contributed by atoms with Crippen LogP contribution in [0.2, 0.25) is 0 Å². The van der Waals surface area contributed by atoms with Crippen LogP contribution in [0.3, 0.4) is 0 Å². The number of methoxy groups -OCH3 is 1. The fourth-order valence-corrected chi connectivity index (χ4v) is 10.8. The van der Waals surface area contributed by atoms with Crippen molar-refractivity contribution in [2.75, 3.05) is 27.7 Å². The van der Waals surface area contributed by atoms with Gasteiger partial charge in [-0.05, 0) is 118 Å². The zero-order valence-corrected chi connectivity index (χ0v) is 30.9. The Morgan fingerprint density at radius 1 is 0.961 bits per heavy atom. The van der Waals surface area contributed by atoms with Crippen LogP contribution >= 0.6 is 0 Å². The molecule has 272 valence electrons. The Labute approximate surface area is 301 Å². The molecule has 6 aliphatic rings. The van der Waals surface area contributed by atoms with Crippen molar-refractivity contribution in [1.29, 1.82) is 0 Å². The lowest BCUT2D eigenvalue weighted by atomic mass is 9.81. The lowest BCUT2D eigenvalue weighted by Gasteiger charge is -2.41. The van der Waals surface area contributed by atoms with Gasteiger partial charge in [0, 0.05) is 66.7 Å². The Hall–Kier alpha value is -3.41. The summed E-state index contributed by atoms with van der Waals surface area (Å²) in [6, 6.07) is 13.0. The molecule has 2 bridgehead atoms. The second-order valence-electron chi connectivity index (χ2n) is 16.6. The quantitative estimate of drug-likeness (QED) is 0.285. The van der Waals surface area contributed by atoms with E-state index in [1.165, 1.54) is 57.3 Å². The van der Waals surface area contributed by atoms with Gasteiger partial charge < -0.3 is 19.5 Å². The third-order valence-corrected chi connectivity index (χ3v) is 14.7. The monoisotopic (exact) mass is 713 g/mol. The van der Waals surface area contributed by atoms with Crippen LogP contribution in [0.15, 0.2) is 36.4 Å². The van der Waals surface area contributed by atoms with Crippen molar-refractivity contribution < 1.29 is 22.7 Å². The maximum atomic E-state index is 15.3. The van der Waals surface area contributed by atoms with Gasteiger partial charge in [-0.2, -0.15) is 12.7 Å². The van der Waals surface area contributed by atoms with Gasteiger partial charge in [0.1, 0.15) is 5.75 Å². The number of carbonyl (C=O) groups is 2. The van der Waals surface area contributed by atoms with Gasteiger partial charge in [0.05, 0.1) is 18.2 Å². The minimum Gasteiger partial charge on any atom is -0.497 e. The molecule has 1 aromatic heterocycles. The normalized spacial score (nSPS) is 28.6. The van der Waals surface area contributed by atoms with Gasteiger partial charge in [-0.3, -0.25) is 9.59 Å². The highest BCUT2D eigenvalue weighted by Crippen LogP contribution is 2.67. The summed E-state index contributed by atoms with van der Waals surface area (Å²) in [7, 11) is 0.534. The van der Waals surface area contributed by atoms with Crippen molar-refractivity contribution in [3.63, 3.8) is 0 Å². The number of benzene rings is 2. The molecule has 2 N–H and O–H groups in total. The Kier molecular flexibility index (Phi) is 8.09. The second kappa shape index (κ2) is 12.3. The Balaban J connectivity index is 1.16. The number of amides is 2. The van der Waals surface area contributed by atoms with Gasteiger partial charge >= 0.3 is 10.2 Å². The number of rotatable bonds is 9. The van der Waals surface area contributed by atoms with E-state index in [9.17, 15) is 13.2 Å². The Morgan fingerprint density at radius 3 is 2.39 bits per heavy atom. The van der Waals surface area contributed by atoms with E-state index < -0.39 is 21.5 Å². The largest absolute Gasteiger partial charge is 0.497 e. The highest BCUT2D eigenvalue weighted by Gasteiger charge is 2.65. The van der Waals surface area contributed by atoms with E-state index in [0.29, 0.717) is 18.5 Å². The molecule has 2 aromatic carbocycles. The molecular formula is C40H51N5O5S. The van der Waals surface area contributed by atoms with E-state index in [-0.39, 0.29) is 29.5 Å². The molecule has 11 heteroatoms. The zero-order chi connectivity index (χ0) is 35.2. The van der Waals surface area contributed by atoms with E-state index in [1.807, 2.05) is 18.2 Å². The number of nitrogens with zero attached hydrogens (tertiary/aromatic N) is 3. The highest BCUT2D eigenvalue weighted by molar-refractivity contribution is 7.87. The lowest BCUT2D eigenvalue weighted by molar-refractivity contribution is -0.142. The molecule has 2 unspecified atom stereocenters. The number of hydrogen-bond donors (Lipinski definition) is 2. The molecule has 51 heavy (non-hydrogen) atoms. The van der Waals surface area contributed by atoms with Crippen LogP contribution < -0.4 is 14.8 Å². The highest BCUT2D eigenvalue weighted by atomic mass is 32.2. The van der Waals surface area contributed by atoms with Crippen molar-refractivity contribution in [3.05, 3.63) is 53.1 Å². The molecule has 9 rings (SSSR count). The molecule has 4 atom stereocenters. The fourth-order valence-electron chi connectivity index (χ4n) is 10.3. The molecule has 0 radical (unpaired) electrons. The van der Waals surface area contributed by atoms with Crippen molar-refractivity contribution in [2.45, 2.75) is 114 Å². The summed E-state index contributed by atoms with van der Waals surface area (Å²) in [4.78, 5) is 31.0. The van der Waals surface area contributed by atoms with Gasteiger partial charge in [0.25, 0.3) is 5.91 Å². The minimum absolute atomic E-state index is 0.0751. The molecule has 0 spiro atoms. The maximum absolute atomic E-state index is 15.3. The number of carbonyl (C=O) groups excluding carboxylic acids is 2. The third-order valence-electron chi connectivity index (χ3n) is 13.3. The molecule has 4 heterocycles. The van der Waals surface area contributed by atoms with Gasteiger partial charge in [-0.1, -0.05) is 25.3 Å². The van der Waals surface area contributed by atoms with Crippen LogP contribution in [-0.2, 0) is 21.5 Å². The van der Waals surface area contributed by atoms with E-state index >= 15 is 4.79 Å². The van der Waals surface area contributed by atoms with E-state index in [1.54, 1.807) is 13.2 Å². The van der Waals surface area contributed by atoms with Crippen LogP contribution in [0.1, 0.15) is 110 Å². The maximum Gasteiger partial charge on any atom is 0.303 e. The molecule has 3 aliphatic heterocycles. The molecule has 5 fully saturated rings. The first-order valence-corrected chi connectivity index (χ1v) is 20.7. The first kappa shape index (κ1) is 33.4. The van der Waals surface area contributed by atoms with Crippen LogP contribution in [0, 0.1) is 11.3 Å². The molecule has 2 saturated heterocycles. The Bertz CT molecular complexity index is 2000.